The van der Waals surface area contributed by atoms with E-state index >= 15 is 0 Å². The fourth-order valence-corrected chi connectivity index (χ4v) is 4.67. The summed E-state index contributed by atoms with van der Waals surface area (Å²) in [5.41, 5.74) is 0.651. The zero-order valence-corrected chi connectivity index (χ0v) is 12.6. The summed E-state index contributed by atoms with van der Waals surface area (Å²) in [5, 5.41) is 13.0. The van der Waals surface area contributed by atoms with Crippen molar-refractivity contribution in [2.24, 2.45) is 29.1 Å². The third-order valence-corrected chi connectivity index (χ3v) is 5.76. The molecule has 2 N–H and O–H groups in total. The Morgan fingerprint density at radius 1 is 1.18 bits per heavy atom. The molecule has 0 aromatic heterocycles. The summed E-state index contributed by atoms with van der Waals surface area (Å²) >= 11 is 5.93. The van der Waals surface area contributed by atoms with Crippen LogP contribution in [-0.4, -0.2) is 17.0 Å². The molecule has 2 saturated carbocycles. The molecule has 1 aromatic carbocycles. The molecule has 4 atom stereocenters. The predicted octanol–water partition coefficient (Wildman–Crippen LogP) is 3.19. The van der Waals surface area contributed by atoms with E-state index in [0.717, 1.165) is 12.8 Å². The van der Waals surface area contributed by atoms with Crippen LogP contribution in [0.3, 0.4) is 0 Å². The Hall–Kier alpha value is -1.81. The highest BCUT2D eigenvalue weighted by Crippen LogP contribution is 2.72. The fourth-order valence-electron chi connectivity index (χ4n) is 4.48. The van der Waals surface area contributed by atoms with Crippen LogP contribution in [-0.2, 0) is 9.59 Å². The van der Waals surface area contributed by atoms with Gasteiger partial charge in [-0.15, -0.1) is 0 Å². The molecule has 3 aliphatic rings. The number of carbonyl (C=O) groups excluding carboxylic acids is 1. The normalized spacial score (nSPS) is 33.1. The molecule has 1 aromatic rings. The van der Waals surface area contributed by atoms with Crippen molar-refractivity contribution in [3.8, 4) is 0 Å². The molecule has 5 heteroatoms. The van der Waals surface area contributed by atoms with Crippen LogP contribution in [0.2, 0.25) is 5.02 Å². The minimum Gasteiger partial charge on any atom is -0.481 e. The molecule has 3 aliphatic carbocycles. The van der Waals surface area contributed by atoms with E-state index in [1.807, 2.05) is 6.08 Å². The maximum Gasteiger partial charge on any atom is 0.307 e. The van der Waals surface area contributed by atoms with Crippen LogP contribution in [0.4, 0.5) is 5.69 Å². The van der Waals surface area contributed by atoms with Gasteiger partial charge in [-0.2, -0.15) is 0 Å². The molecule has 2 bridgehead atoms. The highest BCUT2D eigenvalue weighted by atomic mass is 35.5. The maximum atomic E-state index is 12.7. The van der Waals surface area contributed by atoms with Crippen molar-refractivity contribution in [2.75, 3.05) is 5.32 Å². The number of benzene rings is 1. The molecule has 1 spiro atoms. The minimum absolute atomic E-state index is 0.00473. The SMILES string of the molecule is O=C(Nc1cccc(Cl)c1)[C@@H]1[C@@H](C(=O)O)[C@@H]2C=C[C@H]1C21CC1. The molecule has 0 radical (unpaired) electrons. The van der Waals surface area contributed by atoms with Gasteiger partial charge in [-0.25, -0.2) is 0 Å². The number of halogens is 1. The number of anilines is 1. The van der Waals surface area contributed by atoms with E-state index in [1.165, 1.54) is 0 Å². The van der Waals surface area contributed by atoms with Gasteiger partial charge in [-0.05, 0) is 48.3 Å². The van der Waals surface area contributed by atoms with Gasteiger partial charge in [-0.3, -0.25) is 9.59 Å². The smallest absolute Gasteiger partial charge is 0.307 e. The Labute approximate surface area is 133 Å². The van der Waals surface area contributed by atoms with Crippen LogP contribution in [0.5, 0.6) is 0 Å². The first kappa shape index (κ1) is 13.8. The Balaban J connectivity index is 1.62. The Bertz CT molecular complexity index is 695. The molecule has 1 amide bonds. The quantitative estimate of drug-likeness (QED) is 0.841. The van der Waals surface area contributed by atoms with Gasteiger partial charge >= 0.3 is 5.97 Å². The van der Waals surface area contributed by atoms with Crippen molar-refractivity contribution in [3.05, 3.63) is 41.4 Å². The van der Waals surface area contributed by atoms with E-state index in [9.17, 15) is 14.7 Å². The van der Waals surface area contributed by atoms with Gasteiger partial charge in [0.15, 0.2) is 0 Å². The molecule has 4 nitrogen and oxygen atoms in total. The van der Waals surface area contributed by atoms with E-state index in [1.54, 1.807) is 24.3 Å². The van der Waals surface area contributed by atoms with Crippen LogP contribution in [0.1, 0.15) is 12.8 Å². The molecule has 22 heavy (non-hydrogen) atoms. The fraction of sp³-hybridized carbons (Fsp3) is 0.412. The number of amides is 1. The molecule has 0 aliphatic heterocycles. The lowest BCUT2D eigenvalue weighted by atomic mass is 9.82. The minimum atomic E-state index is -0.866. The van der Waals surface area contributed by atoms with E-state index in [4.69, 9.17) is 11.6 Å². The number of aliphatic carboxylic acids is 1. The van der Waals surface area contributed by atoms with Gasteiger partial charge in [0.05, 0.1) is 11.8 Å². The molecule has 0 unspecified atom stereocenters. The van der Waals surface area contributed by atoms with Gasteiger partial charge in [0, 0.05) is 10.7 Å². The number of hydrogen-bond acceptors (Lipinski definition) is 2. The van der Waals surface area contributed by atoms with Crippen molar-refractivity contribution >= 4 is 29.2 Å². The zero-order valence-electron chi connectivity index (χ0n) is 11.8. The molecule has 114 valence electrons. The van der Waals surface area contributed by atoms with Crippen molar-refractivity contribution in [1.82, 2.24) is 0 Å². The number of carboxylic acids is 1. The topological polar surface area (TPSA) is 66.4 Å². The van der Waals surface area contributed by atoms with Gasteiger partial charge < -0.3 is 10.4 Å². The van der Waals surface area contributed by atoms with Crippen LogP contribution in [0.15, 0.2) is 36.4 Å². The first-order chi connectivity index (χ1) is 10.5. The molecule has 4 rings (SSSR count). The number of rotatable bonds is 3. The Kier molecular flexibility index (Phi) is 2.89. The number of carbonyl (C=O) groups is 2. The summed E-state index contributed by atoms with van der Waals surface area (Å²) in [6.45, 7) is 0. The van der Waals surface area contributed by atoms with E-state index in [0.29, 0.717) is 10.7 Å². The number of carboxylic acid groups (broad SMARTS) is 1. The average molecular weight is 318 g/mol. The summed E-state index contributed by atoms with van der Waals surface area (Å²) in [7, 11) is 0. The van der Waals surface area contributed by atoms with Gasteiger partial charge in [0.1, 0.15) is 0 Å². The first-order valence-electron chi connectivity index (χ1n) is 7.50. The third kappa shape index (κ3) is 1.83. The predicted molar refractivity (Wildman–Crippen MR) is 82.5 cm³/mol. The highest BCUT2D eigenvalue weighted by molar-refractivity contribution is 6.30. The second-order valence-corrected chi connectivity index (χ2v) is 7.00. The van der Waals surface area contributed by atoms with Crippen LogP contribution < -0.4 is 5.32 Å². The zero-order chi connectivity index (χ0) is 15.5. The van der Waals surface area contributed by atoms with E-state index < -0.39 is 17.8 Å². The van der Waals surface area contributed by atoms with Crippen molar-refractivity contribution in [2.45, 2.75) is 12.8 Å². The summed E-state index contributed by atoms with van der Waals surface area (Å²) in [5.74, 6) is -2.12. The van der Waals surface area contributed by atoms with Gasteiger partial charge in [0.2, 0.25) is 5.91 Å². The lowest BCUT2D eigenvalue weighted by Crippen LogP contribution is -2.36. The van der Waals surface area contributed by atoms with Crippen LogP contribution in [0.25, 0.3) is 0 Å². The molecule has 0 heterocycles. The van der Waals surface area contributed by atoms with Crippen molar-refractivity contribution in [3.63, 3.8) is 0 Å². The number of hydrogen-bond donors (Lipinski definition) is 2. The van der Waals surface area contributed by atoms with Gasteiger partial charge in [-0.1, -0.05) is 29.8 Å². The number of nitrogens with one attached hydrogen (secondary N) is 1. The third-order valence-electron chi connectivity index (χ3n) is 5.52. The summed E-state index contributed by atoms with van der Waals surface area (Å²) in [4.78, 5) is 24.4. The molecule has 0 saturated heterocycles. The monoisotopic (exact) mass is 317 g/mol. The lowest BCUT2D eigenvalue weighted by molar-refractivity contribution is -0.146. The first-order valence-corrected chi connectivity index (χ1v) is 7.88. The van der Waals surface area contributed by atoms with Crippen molar-refractivity contribution < 1.29 is 14.7 Å². The summed E-state index contributed by atoms with van der Waals surface area (Å²) in [6, 6.07) is 6.92. The second-order valence-electron chi connectivity index (χ2n) is 6.56. The largest absolute Gasteiger partial charge is 0.481 e. The maximum absolute atomic E-state index is 12.7. The van der Waals surface area contributed by atoms with E-state index in [-0.39, 0.29) is 23.2 Å². The van der Waals surface area contributed by atoms with Gasteiger partial charge in [0.25, 0.3) is 0 Å². The standard InChI is InChI=1S/C17H16ClNO3/c18-9-2-1-3-10(8-9)19-15(20)13-11-4-5-12(14(13)16(21)22)17(11)6-7-17/h1-5,8,11-14H,6-7H2,(H,19,20)(H,21,22)/t11-,12+,13+,14+/m1/s1. The van der Waals surface area contributed by atoms with Crippen LogP contribution in [0, 0.1) is 29.1 Å². The van der Waals surface area contributed by atoms with E-state index in [2.05, 4.69) is 11.4 Å². The molecule has 2 fully saturated rings. The molecular formula is C17H16ClNO3. The Morgan fingerprint density at radius 3 is 2.45 bits per heavy atom. The van der Waals surface area contributed by atoms with Crippen molar-refractivity contribution in [1.29, 1.82) is 0 Å². The summed E-state index contributed by atoms with van der Waals surface area (Å²) in [6.07, 6.45) is 6.12. The summed E-state index contributed by atoms with van der Waals surface area (Å²) < 4.78 is 0. The molecular weight excluding hydrogens is 302 g/mol. The lowest BCUT2D eigenvalue weighted by Gasteiger charge is -2.23. The number of allylic oxidation sites excluding steroid dienone is 2. The highest BCUT2D eigenvalue weighted by Gasteiger charge is 2.70. The Morgan fingerprint density at radius 2 is 1.86 bits per heavy atom. The van der Waals surface area contributed by atoms with Crippen LogP contribution >= 0.6 is 11.6 Å². The average Bonchev–Trinajstić information content (AvgIpc) is 3.12. The second kappa shape index (κ2) is 4.59.